The first-order valence-corrected chi connectivity index (χ1v) is 9.71. The smallest absolute Gasteiger partial charge is 0.344 e. The molecule has 1 saturated heterocycles. The van der Waals surface area contributed by atoms with Gasteiger partial charge in [0.05, 0.1) is 7.11 Å². The molecule has 162 valence electrons. The molecule has 1 heterocycles. The summed E-state index contributed by atoms with van der Waals surface area (Å²) in [7, 11) is 1.53. The summed E-state index contributed by atoms with van der Waals surface area (Å²) in [6.45, 7) is 1.05. The van der Waals surface area contributed by atoms with Gasteiger partial charge in [-0.15, -0.1) is 0 Å². The number of rotatable bonds is 7. The van der Waals surface area contributed by atoms with Crippen LogP contribution in [-0.4, -0.2) is 54.7 Å². The first-order valence-electron chi connectivity index (χ1n) is 9.71. The number of esters is 1. The summed E-state index contributed by atoms with van der Waals surface area (Å²) >= 11 is 0. The van der Waals surface area contributed by atoms with Crippen LogP contribution in [-0.2, 0) is 19.1 Å². The van der Waals surface area contributed by atoms with Crippen LogP contribution in [0, 0.1) is 5.92 Å². The summed E-state index contributed by atoms with van der Waals surface area (Å²) in [4.78, 5) is 48.6. The lowest BCUT2D eigenvalue weighted by Crippen LogP contribution is -2.52. The maximum atomic E-state index is 12.7. The zero-order valence-corrected chi connectivity index (χ0v) is 16.9. The molecule has 0 bridgehead atoms. The average molecular weight is 419 g/mol. The van der Waals surface area contributed by atoms with Crippen LogP contribution in [0.25, 0.3) is 0 Å². The maximum Gasteiger partial charge on any atom is 0.344 e. The Bertz CT molecular complexity index is 816. The number of methoxy groups -OCH3 is 1. The molecule has 30 heavy (non-hydrogen) atoms. The zero-order chi connectivity index (χ0) is 21.7. The fourth-order valence-electron chi connectivity index (χ4n) is 3.47. The molecule has 1 aliphatic heterocycles. The van der Waals surface area contributed by atoms with Gasteiger partial charge in [-0.2, -0.15) is 5.01 Å². The molecule has 1 aromatic carbocycles. The summed E-state index contributed by atoms with van der Waals surface area (Å²) in [6, 6.07) is 5.91. The van der Waals surface area contributed by atoms with Crippen LogP contribution in [0.5, 0.6) is 11.5 Å². The van der Waals surface area contributed by atoms with Gasteiger partial charge in [0, 0.05) is 0 Å². The highest BCUT2D eigenvalue weighted by atomic mass is 16.6. The van der Waals surface area contributed by atoms with Gasteiger partial charge in [-0.1, -0.05) is 6.92 Å². The Balaban J connectivity index is 1.43. The molecule has 0 radical (unpaired) electrons. The van der Waals surface area contributed by atoms with Gasteiger partial charge in [0.1, 0.15) is 17.0 Å². The third-order valence-corrected chi connectivity index (χ3v) is 5.31. The summed E-state index contributed by atoms with van der Waals surface area (Å²) in [5.74, 6) is -0.478. The molecule has 1 aromatic rings. The number of nitrogens with one attached hydrogen (secondary N) is 2. The molecule has 2 aliphatic rings. The van der Waals surface area contributed by atoms with Gasteiger partial charge in [0.25, 0.3) is 11.8 Å². The molecule has 1 spiro atoms. The highest BCUT2D eigenvalue weighted by Gasteiger charge is 2.52. The Morgan fingerprint density at radius 3 is 2.40 bits per heavy atom. The number of ether oxygens (including phenoxy) is 3. The minimum Gasteiger partial charge on any atom is -0.497 e. The molecule has 0 atom stereocenters. The van der Waals surface area contributed by atoms with Gasteiger partial charge in [-0.3, -0.25) is 15.0 Å². The predicted octanol–water partition coefficient (Wildman–Crippen LogP) is 1.15. The first-order chi connectivity index (χ1) is 14.3. The maximum absolute atomic E-state index is 12.7. The quantitative estimate of drug-likeness (QED) is 0.502. The number of nitrogens with zero attached hydrogens (tertiary/aromatic N) is 1. The molecule has 3 rings (SSSR count). The monoisotopic (exact) mass is 419 g/mol. The molecule has 1 aliphatic carbocycles. The summed E-state index contributed by atoms with van der Waals surface area (Å²) < 4.78 is 15.1. The van der Waals surface area contributed by atoms with E-state index in [-0.39, 0.29) is 0 Å². The van der Waals surface area contributed by atoms with Crippen LogP contribution in [0.4, 0.5) is 4.79 Å². The van der Waals surface area contributed by atoms with E-state index < -0.39 is 42.6 Å². The molecular weight excluding hydrogens is 394 g/mol. The number of carbonyl (C=O) groups excluding carboxylic acids is 4. The van der Waals surface area contributed by atoms with Crippen LogP contribution in [0.3, 0.4) is 0 Å². The number of hydrazine groups is 1. The fourth-order valence-corrected chi connectivity index (χ4v) is 3.47. The van der Waals surface area contributed by atoms with Crippen molar-refractivity contribution in [2.45, 2.75) is 38.1 Å². The molecule has 0 unspecified atom stereocenters. The number of hydrogen-bond donors (Lipinski definition) is 2. The van der Waals surface area contributed by atoms with E-state index in [4.69, 9.17) is 14.2 Å². The van der Waals surface area contributed by atoms with Crippen molar-refractivity contribution in [3.63, 3.8) is 0 Å². The lowest BCUT2D eigenvalue weighted by atomic mass is 9.77. The van der Waals surface area contributed by atoms with E-state index in [0.717, 1.165) is 12.8 Å². The molecule has 1 saturated carbocycles. The van der Waals surface area contributed by atoms with Crippen molar-refractivity contribution in [3.8, 4) is 11.5 Å². The molecule has 4 amide bonds. The second-order valence-electron chi connectivity index (χ2n) is 7.50. The topological polar surface area (TPSA) is 123 Å². The minimum atomic E-state index is -0.959. The molecule has 10 nitrogen and oxygen atoms in total. The lowest BCUT2D eigenvalue weighted by Gasteiger charge is -2.33. The third kappa shape index (κ3) is 4.81. The van der Waals surface area contributed by atoms with Crippen molar-refractivity contribution in [2.24, 2.45) is 5.92 Å². The van der Waals surface area contributed by atoms with E-state index in [2.05, 4.69) is 17.7 Å². The van der Waals surface area contributed by atoms with Crippen molar-refractivity contribution in [1.29, 1.82) is 0 Å². The van der Waals surface area contributed by atoms with Crippen LogP contribution >= 0.6 is 0 Å². The molecule has 2 fully saturated rings. The SMILES string of the molecule is COc1ccc(OCC(=O)OCC(=O)NN2C(=O)NC3(CCC(C)CC3)C2=O)cc1. The first kappa shape index (κ1) is 21.4. The normalized spacial score (nSPS) is 23.1. The number of carbonyl (C=O) groups is 4. The Morgan fingerprint density at radius 2 is 1.77 bits per heavy atom. The van der Waals surface area contributed by atoms with Gasteiger partial charge in [-0.25, -0.2) is 9.59 Å². The van der Waals surface area contributed by atoms with Crippen molar-refractivity contribution >= 4 is 23.8 Å². The van der Waals surface area contributed by atoms with Crippen LogP contribution in [0.1, 0.15) is 32.6 Å². The van der Waals surface area contributed by atoms with Gasteiger partial charge in [0.2, 0.25) is 0 Å². The Hall–Kier alpha value is -3.30. The van der Waals surface area contributed by atoms with Gasteiger partial charge in [-0.05, 0) is 55.9 Å². The lowest BCUT2D eigenvalue weighted by molar-refractivity contribution is -0.152. The second kappa shape index (κ2) is 9.02. The summed E-state index contributed by atoms with van der Waals surface area (Å²) in [6.07, 6.45) is 2.70. The Labute approximate surface area is 173 Å². The van der Waals surface area contributed by atoms with Crippen LogP contribution in [0.15, 0.2) is 24.3 Å². The van der Waals surface area contributed by atoms with E-state index in [9.17, 15) is 19.2 Å². The van der Waals surface area contributed by atoms with Crippen molar-refractivity contribution in [3.05, 3.63) is 24.3 Å². The van der Waals surface area contributed by atoms with Crippen LogP contribution in [0.2, 0.25) is 0 Å². The van der Waals surface area contributed by atoms with Crippen molar-refractivity contribution in [1.82, 2.24) is 15.8 Å². The fraction of sp³-hybridized carbons (Fsp3) is 0.500. The number of hydrogen-bond acceptors (Lipinski definition) is 7. The van der Waals surface area contributed by atoms with E-state index >= 15 is 0 Å². The largest absolute Gasteiger partial charge is 0.497 e. The second-order valence-corrected chi connectivity index (χ2v) is 7.50. The highest BCUT2D eigenvalue weighted by Crippen LogP contribution is 2.35. The molecular formula is C20H25N3O7. The number of amides is 4. The van der Waals surface area contributed by atoms with Gasteiger partial charge >= 0.3 is 12.0 Å². The van der Waals surface area contributed by atoms with Crippen LogP contribution < -0.4 is 20.2 Å². The van der Waals surface area contributed by atoms with Crippen molar-refractivity contribution < 1.29 is 33.4 Å². The molecule has 10 heteroatoms. The standard InChI is InChI=1S/C20H25N3O7/c1-13-7-9-20(10-8-13)18(26)23(19(27)21-20)22-16(24)11-30-17(25)12-29-15-5-3-14(28-2)4-6-15/h3-6,13H,7-12H2,1-2H3,(H,21,27)(H,22,24). The van der Waals surface area contributed by atoms with E-state index in [1.54, 1.807) is 24.3 Å². The Kier molecular flexibility index (Phi) is 6.43. The summed E-state index contributed by atoms with van der Waals surface area (Å²) in [5, 5.41) is 3.36. The molecule has 0 aromatic heterocycles. The summed E-state index contributed by atoms with van der Waals surface area (Å²) in [5.41, 5.74) is 1.25. The molecule has 2 N–H and O–H groups in total. The third-order valence-electron chi connectivity index (χ3n) is 5.31. The number of urea groups is 1. The van der Waals surface area contributed by atoms with Gasteiger partial charge < -0.3 is 19.5 Å². The predicted molar refractivity (Wildman–Crippen MR) is 103 cm³/mol. The Morgan fingerprint density at radius 1 is 1.13 bits per heavy atom. The highest BCUT2D eigenvalue weighted by molar-refractivity contribution is 6.08. The minimum absolute atomic E-state index is 0.399. The average Bonchev–Trinajstić information content (AvgIpc) is 2.97. The number of benzene rings is 1. The van der Waals surface area contributed by atoms with Crippen molar-refractivity contribution in [2.75, 3.05) is 20.3 Å². The zero-order valence-electron chi connectivity index (χ0n) is 16.9. The van der Waals surface area contributed by atoms with Gasteiger partial charge in [0.15, 0.2) is 13.2 Å². The number of imide groups is 1. The van der Waals surface area contributed by atoms with E-state index in [1.165, 1.54) is 7.11 Å². The van der Waals surface area contributed by atoms with E-state index in [1.807, 2.05) is 0 Å². The van der Waals surface area contributed by atoms with E-state index in [0.29, 0.717) is 35.3 Å².